The Bertz CT molecular complexity index is 754. The van der Waals surface area contributed by atoms with Crippen LogP contribution in [0.25, 0.3) is 0 Å². The molecule has 1 atom stereocenters. The van der Waals surface area contributed by atoms with Gasteiger partial charge in [-0.2, -0.15) is 4.31 Å². The van der Waals surface area contributed by atoms with Crippen LogP contribution in [0, 0.1) is 0 Å². The van der Waals surface area contributed by atoms with Crippen LogP contribution in [-0.4, -0.2) is 31.7 Å². The van der Waals surface area contributed by atoms with Crippen LogP contribution in [-0.2, 0) is 22.2 Å². The fourth-order valence-electron chi connectivity index (χ4n) is 2.60. The van der Waals surface area contributed by atoms with Gasteiger partial charge in [0.15, 0.2) is 0 Å². The molecule has 0 spiro atoms. The number of hydrogen-bond acceptors (Lipinski definition) is 4. The van der Waals surface area contributed by atoms with Crippen molar-refractivity contribution in [2.24, 2.45) is 0 Å². The van der Waals surface area contributed by atoms with Gasteiger partial charge in [-0.3, -0.25) is 0 Å². The first-order valence-corrected chi connectivity index (χ1v) is 9.42. The molecule has 134 valence electrons. The van der Waals surface area contributed by atoms with E-state index in [-0.39, 0.29) is 12.6 Å². The Balaban J connectivity index is 2.26. The second-order valence-corrected chi connectivity index (χ2v) is 6.80. The first-order chi connectivity index (χ1) is 12.1. The van der Waals surface area contributed by atoms with Crippen LogP contribution < -0.4 is 0 Å². The molecule has 5 nitrogen and oxygen atoms in total. The van der Waals surface area contributed by atoms with Gasteiger partial charge in [-0.1, -0.05) is 42.5 Å². The molecule has 0 aliphatic rings. The van der Waals surface area contributed by atoms with E-state index in [9.17, 15) is 13.2 Å². The summed E-state index contributed by atoms with van der Waals surface area (Å²) in [6.07, 6.45) is 0.509. The summed E-state index contributed by atoms with van der Waals surface area (Å²) in [6, 6.07) is 15.8. The number of hydrogen-bond donors (Lipinski definition) is 1. The molecule has 0 aliphatic heterocycles. The quantitative estimate of drug-likeness (QED) is 0.433. The molecule has 0 bridgehead atoms. The summed E-state index contributed by atoms with van der Waals surface area (Å²) in [5, 5.41) is 0. The maximum absolute atomic E-state index is 11.9. The van der Waals surface area contributed by atoms with Crippen molar-refractivity contribution in [2.75, 3.05) is 13.0 Å². The Morgan fingerprint density at radius 3 is 2.28 bits per heavy atom. The molecule has 0 saturated heterocycles. The Labute approximate surface area is 154 Å². The standard InChI is InChI=1S/C18H20ClNO4S/c1-24-18(21)16-9-7-14(8-10-16)13-20(25(22)23)17(11-12-19)15-5-3-2-4-6-15/h2-10,17,25H,11-13H2,1H3. The number of nitrogens with zero attached hydrogens (tertiary/aromatic N) is 1. The van der Waals surface area contributed by atoms with E-state index in [4.69, 9.17) is 11.6 Å². The second kappa shape index (κ2) is 9.56. The summed E-state index contributed by atoms with van der Waals surface area (Å²) in [6.45, 7) is 0.205. The van der Waals surface area contributed by atoms with Crippen molar-refractivity contribution in [3.63, 3.8) is 0 Å². The minimum absolute atomic E-state index is 0.205. The average Bonchev–Trinajstić information content (AvgIpc) is 2.65. The summed E-state index contributed by atoms with van der Waals surface area (Å²) in [5.74, 6) is -0.0804. The highest BCUT2D eigenvalue weighted by atomic mass is 35.5. The molecule has 7 heteroatoms. The maximum Gasteiger partial charge on any atom is 0.337 e. The molecule has 0 amide bonds. The van der Waals surface area contributed by atoms with Crippen LogP contribution in [0.4, 0.5) is 0 Å². The van der Waals surface area contributed by atoms with Gasteiger partial charge in [-0.05, 0) is 29.7 Å². The van der Waals surface area contributed by atoms with Crippen molar-refractivity contribution in [1.82, 2.24) is 4.31 Å². The van der Waals surface area contributed by atoms with Crippen LogP contribution in [0.5, 0.6) is 0 Å². The third kappa shape index (κ3) is 5.29. The predicted molar refractivity (Wildman–Crippen MR) is 98.2 cm³/mol. The molecule has 0 heterocycles. The average molecular weight is 382 g/mol. The Morgan fingerprint density at radius 2 is 1.76 bits per heavy atom. The van der Waals surface area contributed by atoms with Crippen LogP contribution >= 0.6 is 11.6 Å². The number of carbonyl (C=O) groups is 1. The lowest BCUT2D eigenvalue weighted by Crippen LogP contribution is -2.27. The highest BCUT2D eigenvalue weighted by Gasteiger charge is 2.22. The lowest BCUT2D eigenvalue weighted by molar-refractivity contribution is 0.0600. The van der Waals surface area contributed by atoms with E-state index in [2.05, 4.69) is 4.74 Å². The largest absolute Gasteiger partial charge is 0.465 e. The van der Waals surface area contributed by atoms with Gasteiger partial charge in [0, 0.05) is 12.4 Å². The number of alkyl halides is 1. The van der Waals surface area contributed by atoms with E-state index in [0.29, 0.717) is 17.9 Å². The van der Waals surface area contributed by atoms with Gasteiger partial charge in [-0.15, -0.1) is 11.6 Å². The van der Waals surface area contributed by atoms with Gasteiger partial charge >= 0.3 is 5.97 Å². The van der Waals surface area contributed by atoms with Crippen molar-refractivity contribution in [3.05, 3.63) is 71.3 Å². The monoisotopic (exact) mass is 381 g/mol. The zero-order valence-corrected chi connectivity index (χ0v) is 15.5. The minimum atomic E-state index is -2.80. The molecule has 0 saturated carbocycles. The molecule has 0 aliphatic carbocycles. The Hall–Kier alpha value is -1.89. The van der Waals surface area contributed by atoms with Crippen molar-refractivity contribution in [1.29, 1.82) is 0 Å². The van der Waals surface area contributed by atoms with Gasteiger partial charge in [0.05, 0.1) is 18.7 Å². The zero-order chi connectivity index (χ0) is 18.2. The van der Waals surface area contributed by atoms with E-state index in [1.165, 1.54) is 11.4 Å². The molecule has 0 aromatic heterocycles. The lowest BCUT2D eigenvalue weighted by atomic mass is 10.0. The first kappa shape index (κ1) is 19.4. The fraction of sp³-hybridized carbons (Fsp3) is 0.278. The second-order valence-electron chi connectivity index (χ2n) is 5.43. The summed E-state index contributed by atoms with van der Waals surface area (Å²) in [7, 11) is -1.49. The number of methoxy groups -OCH3 is 1. The lowest BCUT2D eigenvalue weighted by Gasteiger charge is -2.26. The zero-order valence-electron chi connectivity index (χ0n) is 13.8. The van der Waals surface area contributed by atoms with Gasteiger partial charge < -0.3 is 4.74 Å². The highest BCUT2D eigenvalue weighted by molar-refractivity contribution is 7.69. The summed E-state index contributed by atoms with van der Waals surface area (Å²) < 4.78 is 29.8. The third-order valence-corrected chi connectivity index (χ3v) is 4.91. The van der Waals surface area contributed by atoms with Gasteiger partial charge in [-0.25, -0.2) is 13.2 Å². The van der Waals surface area contributed by atoms with Crippen LogP contribution in [0.3, 0.4) is 0 Å². The number of carbonyl (C=O) groups excluding carboxylic acids is 1. The van der Waals surface area contributed by atoms with Crippen molar-refractivity contribution >= 4 is 28.5 Å². The van der Waals surface area contributed by atoms with Crippen molar-refractivity contribution in [3.8, 4) is 0 Å². The molecule has 2 aromatic rings. The highest BCUT2D eigenvalue weighted by Crippen LogP contribution is 2.27. The summed E-state index contributed by atoms with van der Waals surface area (Å²) in [4.78, 5) is 11.5. The fourth-order valence-corrected chi connectivity index (χ4v) is 3.56. The smallest absolute Gasteiger partial charge is 0.337 e. The molecular weight excluding hydrogens is 362 g/mol. The predicted octanol–water partition coefficient (Wildman–Crippen LogP) is 3.17. The minimum Gasteiger partial charge on any atom is -0.465 e. The number of benzene rings is 2. The molecule has 2 aromatic carbocycles. The SMILES string of the molecule is COC(=O)c1ccc(CN(C(CCCl)c2ccccc2)[SH](=O)=O)cc1. The number of esters is 1. The van der Waals surface area contributed by atoms with Crippen LogP contribution in [0.1, 0.15) is 33.9 Å². The van der Waals surface area contributed by atoms with Gasteiger partial charge in [0.25, 0.3) is 0 Å². The van der Waals surface area contributed by atoms with Crippen LogP contribution in [0.15, 0.2) is 54.6 Å². The van der Waals surface area contributed by atoms with Gasteiger partial charge in [0.2, 0.25) is 10.9 Å². The Morgan fingerprint density at radius 1 is 1.12 bits per heavy atom. The van der Waals surface area contributed by atoms with Crippen molar-refractivity contribution < 1.29 is 17.9 Å². The topological polar surface area (TPSA) is 63.7 Å². The summed E-state index contributed by atoms with van der Waals surface area (Å²) in [5.41, 5.74) is 2.10. The molecule has 1 unspecified atom stereocenters. The molecule has 25 heavy (non-hydrogen) atoms. The molecule has 2 rings (SSSR count). The molecule has 0 fully saturated rings. The number of ether oxygens (including phenoxy) is 1. The maximum atomic E-state index is 11.9. The first-order valence-electron chi connectivity index (χ1n) is 7.76. The Kier molecular flexibility index (Phi) is 7.43. The van der Waals surface area contributed by atoms with Crippen molar-refractivity contribution in [2.45, 2.75) is 19.0 Å². The number of thiol groups is 1. The van der Waals surface area contributed by atoms with Crippen LogP contribution in [0.2, 0.25) is 0 Å². The summed E-state index contributed by atoms with van der Waals surface area (Å²) >= 11 is 5.89. The van der Waals surface area contributed by atoms with Gasteiger partial charge in [0.1, 0.15) is 0 Å². The molecule has 0 N–H and O–H groups in total. The molecular formula is C18H20ClNO4S. The van der Waals surface area contributed by atoms with E-state index in [1.807, 2.05) is 30.3 Å². The van der Waals surface area contributed by atoms with E-state index < -0.39 is 16.9 Å². The number of halogens is 1. The number of rotatable bonds is 8. The third-order valence-electron chi connectivity index (χ3n) is 3.86. The van der Waals surface area contributed by atoms with E-state index >= 15 is 0 Å². The van der Waals surface area contributed by atoms with E-state index in [1.54, 1.807) is 24.3 Å². The molecule has 0 radical (unpaired) electrons. The normalized spacial score (nSPS) is 12.3. The van der Waals surface area contributed by atoms with E-state index in [0.717, 1.165) is 11.1 Å².